The van der Waals surface area contributed by atoms with Gasteiger partial charge < -0.3 is 0 Å². The number of fused-ring (bicyclic) bond motifs is 3. The molecule has 0 aliphatic heterocycles. The van der Waals surface area contributed by atoms with Gasteiger partial charge >= 0.3 is 0 Å². The van der Waals surface area contributed by atoms with Crippen LogP contribution in [-0.2, 0) is 0 Å². The van der Waals surface area contributed by atoms with Gasteiger partial charge in [-0.2, -0.15) is 5.10 Å². The van der Waals surface area contributed by atoms with E-state index in [0.717, 1.165) is 16.7 Å². The molecule has 0 amide bonds. The molecule has 0 aliphatic carbocycles. The first-order valence-electron chi connectivity index (χ1n) is 4.17. The van der Waals surface area contributed by atoms with Crippen LogP contribution in [0.5, 0.6) is 0 Å². The lowest BCUT2D eigenvalue weighted by molar-refractivity contribution is 1.09. The van der Waals surface area contributed by atoms with E-state index in [1.54, 1.807) is 6.20 Å². The van der Waals surface area contributed by atoms with Gasteiger partial charge in [0, 0.05) is 0 Å². The van der Waals surface area contributed by atoms with Crippen LogP contribution in [0.15, 0.2) is 30.5 Å². The number of H-pyrrole nitrogens is 1. The summed E-state index contributed by atoms with van der Waals surface area (Å²) < 4.78 is 2.47. The molecule has 2 heterocycles. The van der Waals surface area contributed by atoms with Gasteiger partial charge in [0.2, 0.25) is 0 Å². The molecule has 68 valence electrons. The third-order valence-corrected chi connectivity index (χ3v) is 2.41. The van der Waals surface area contributed by atoms with E-state index in [1.807, 2.05) is 28.7 Å². The number of nitrogens with zero attached hydrogens (tertiary/aromatic N) is 3. The molecule has 0 radical (unpaired) electrons. The second-order valence-corrected chi connectivity index (χ2v) is 3.36. The summed E-state index contributed by atoms with van der Waals surface area (Å²) in [4.78, 5) is 4.27. The molecule has 0 aliphatic rings. The third-order valence-electron chi connectivity index (χ3n) is 2.14. The molecule has 14 heavy (non-hydrogen) atoms. The lowest BCUT2D eigenvalue weighted by Gasteiger charge is -1.98. The van der Waals surface area contributed by atoms with Gasteiger partial charge in [0.05, 0.1) is 17.2 Å². The minimum Gasteiger partial charge on any atom is -0.265 e. The van der Waals surface area contributed by atoms with Crippen molar-refractivity contribution in [1.29, 1.82) is 0 Å². The number of aromatic amines is 1. The van der Waals surface area contributed by atoms with Gasteiger partial charge in [-0.15, -0.1) is 0 Å². The Bertz CT molecular complexity index is 667. The van der Waals surface area contributed by atoms with Gasteiger partial charge in [-0.1, -0.05) is 12.1 Å². The largest absolute Gasteiger partial charge is 0.265 e. The highest BCUT2D eigenvalue weighted by Gasteiger charge is 2.01. The summed E-state index contributed by atoms with van der Waals surface area (Å²) in [5.41, 5.74) is 2.63. The fourth-order valence-electron chi connectivity index (χ4n) is 1.52. The van der Waals surface area contributed by atoms with Crippen molar-refractivity contribution < 1.29 is 0 Å². The van der Waals surface area contributed by atoms with E-state index in [4.69, 9.17) is 12.2 Å². The maximum atomic E-state index is 5.13. The quantitative estimate of drug-likeness (QED) is 0.567. The molecular weight excluding hydrogens is 196 g/mol. The van der Waals surface area contributed by atoms with Crippen molar-refractivity contribution in [2.75, 3.05) is 0 Å². The van der Waals surface area contributed by atoms with Crippen molar-refractivity contribution in [3.05, 3.63) is 35.2 Å². The molecule has 1 aromatic carbocycles. The number of nitrogens with one attached hydrogen (secondary N) is 1. The molecule has 2 aromatic heterocycles. The Kier molecular flexibility index (Phi) is 1.43. The highest BCUT2D eigenvalue weighted by molar-refractivity contribution is 7.71. The van der Waals surface area contributed by atoms with Crippen molar-refractivity contribution in [2.24, 2.45) is 0 Å². The fraction of sp³-hybridized carbons (Fsp3) is 0. The molecule has 0 spiro atoms. The van der Waals surface area contributed by atoms with Gasteiger partial charge in [0.1, 0.15) is 0 Å². The molecule has 0 saturated carbocycles. The first kappa shape index (κ1) is 7.64. The topological polar surface area (TPSA) is 46.0 Å². The van der Waals surface area contributed by atoms with Crippen molar-refractivity contribution in [2.45, 2.75) is 0 Å². The van der Waals surface area contributed by atoms with Gasteiger partial charge in [0.15, 0.2) is 10.4 Å². The van der Waals surface area contributed by atoms with Crippen LogP contribution >= 0.6 is 12.2 Å². The molecule has 0 bridgehead atoms. The fourth-order valence-corrected chi connectivity index (χ4v) is 1.76. The number of aromatic nitrogens is 4. The summed E-state index contributed by atoms with van der Waals surface area (Å²) in [7, 11) is 0. The summed E-state index contributed by atoms with van der Waals surface area (Å²) in [6, 6.07) is 7.83. The van der Waals surface area contributed by atoms with E-state index in [1.165, 1.54) is 0 Å². The Morgan fingerprint density at radius 3 is 3.07 bits per heavy atom. The summed E-state index contributed by atoms with van der Waals surface area (Å²) in [6.45, 7) is 0. The zero-order valence-corrected chi connectivity index (χ0v) is 7.95. The average molecular weight is 202 g/mol. The van der Waals surface area contributed by atoms with Crippen LogP contribution in [0.25, 0.3) is 16.7 Å². The van der Waals surface area contributed by atoms with E-state index in [9.17, 15) is 0 Å². The molecular formula is C9H6N4S. The molecule has 1 N–H and O–H groups in total. The van der Waals surface area contributed by atoms with Gasteiger partial charge in [-0.25, -0.2) is 0 Å². The molecule has 0 unspecified atom stereocenters. The van der Waals surface area contributed by atoms with Crippen molar-refractivity contribution in [3.63, 3.8) is 0 Å². The van der Waals surface area contributed by atoms with Crippen molar-refractivity contribution >= 4 is 28.9 Å². The Morgan fingerprint density at radius 1 is 1.29 bits per heavy atom. The maximum Gasteiger partial charge on any atom is 0.200 e. The molecule has 3 aromatic rings. The molecule has 0 fully saturated rings. The summed E-state index contributed by atoms with van der Waals surface area (Å²) in [5, 5.41) is 6.80. The number of hydrogen-bond donors (Lipinski definition) is 1. The lowest BCUT2D eigenvalue weighted by atomic mass is 10.3. The van der Waals surface area contributed by atoms with Crippen LogP contribution in [0.3, 0.4) is 0 Å². The highest BCUT2D eigenvalue weighted by atomic mass is 32.1. The number of para-hydroxylation sites is 2. The Morgan fingerprint density at radius 2 is 2.14 bits per heavy atom. The van der Waals surface area contributed by atoms with Gasteiger partial charge in [0.25, 0.3) is 0 Å². The molecule has 5 heteroatoms. The van der Waals surface area contributed by atoms with Gasteiger partial charge in [-0.3, -0.25) is 14.5 Å². The van der Waals surface area contributed by atoms with Crippen LogP contribution in [-0.4, -0.2) is 19.6 Å². The normalized spacial score (nSPS) is 11.1. The van der Waals surface area contributed by atoms with Crippen molar-refractivity contribution in [1.82, 2.24) is 19.6 Å². The lowest BCUT2D eigenvalue weighted by Crippen LogP contribution is -1.90. The minimum absolute atomic E-state index is 0.596. The monoisotopic (exact) mass is 202 g/mol. The van der Waals surface area contributed by atoms with E-state index < -0.39 is 0 Å². The van der Waals surface area contributed by atoms with E-state index >= 15 is 0 Å². The first-order chi connectivity index (χ1) is 6.86. The van der Waals surface area contributed by atoms with Crippen LogP contribution in [0.1, 0.15) is 0 Å². The standard InChI is InChI=1S/C9H6N4S/c14-9-12-11-8-5-10-6-3-1-2-4-7(6)13(8)9/h1-5H,(H,12,14). The minimum atomic E-state index is 0.596. The maximum absolute atomic E-state index is 5.13. The molecule has 0 atom stereocenters. The SMILES string of the molecule is S=c1[nH]nc2cnc3ccccc3n12. The number of hydrogen-bond acceptors (Lipinski definition) is 3. The molecule has 3 rings (SSSR count). The summed E-state index contributed by atoms with van der Waals surface area (Å²) in [5.74, 6) is 0. The molecule has 4 nitrogen and oxygen atoms in total. The molecule has 0 saturated heterocycles. The summed E-state index contributed by atoms with van der Waals surface area (Å²) in [6.07, 6.45) is 1.70. The Labute approximate surface area is 84.2 Å². The van der Waals surface area contributed by atoms with Gasteiger partial charge in [-0.05, 0) is 24.4 Å². The third kappa shape index (κ3) is 0.898. The van der Waals surface area contributed by atoms with E-state index in [2.05, 4.69) is 15.2 Å². The Hall–Kier alpha value is -1.75. The smallest absolute Gasteiger partial charge is 0.200 e. The van der Waals surface area contributed by atoms with Crippen molar-refractivity contribution in [3.8, 4) is 0 Å². The van der Waals surface area contributed by atoms with Crippen LogP contribution in [0, 0.1) is 4.77 Å². The second kappa shape index (κ2) is 2.62. The average Bonchev–Trinajstić information content (AvgIpc) is 2.61. The van der Waals surface area contributed by atoms with E-state index in [-0.39, 0.29) is 0 Å². The zero-order valence-electron chi connectivity index (χ0n) is 7.14. The van der Waals surface area contributed by atoms with Crippen LogP contribution in [0.4, 0.5) is 0 Å². The van der Waals surface area contributed by atoms with Crippen LogP contribution in [0.2, 0.25) is 0 Å². The number of rotatable bonds is 0. The number of benzene rings is 1. The first-order valence-corrected chi connectivity index (χ1v) is 4.58. The zero-order chi connectivity index (χ0) is 9.54. The Balaban J connectivity index is 2.72. The highest BCUT2D eigenvalue weighted by Crippen LogP contribution is 2.12. The van der Waals surface area contributed by atoms with E-state index in [0.29, 0.717) is 4.77 Å². The second-order valence-electron chi connectivity index (χ2n) is 2.97. The van der Waals surface area contributed by atoms with Crippen LogP contribution < -0.4 is 0 Å². The summed E-state index contributed by atoms with van der Waals surface area (Å²) >= 11 is 5.13. The predicted molar refractivity (Wildman–Crippen MR) is 55.7 cm³/mol. The predicted octanol–water partition coefficient (Wildman–Crippen LogP) is 1.94.